The van der Waals surface area contributed by atoms with Crippen LogP contribution in [0, 0.1) is 24.5 Å². The molecule has 0 bridgehead atoms. The fourth-order valence-corrected chi connectivity index (χ4v) is 4.29. The minimum absolute atomic E-state index is 0.135. The van der Waals surface area contributed by atoms with Crippen LogP contribution in [0.4, 0.5) is 14.6 Å². The predicted octanol–water partition coefficient (Wildman–Crippen LogP) is 5.10. The van der Waals surface area contributed by atoms with Crippen LogP contribution in [-0.4, -0.2) is 45.9 Å². The smallest absolute Gasteiger partial charge is 0.296 e. The third kappa shape index (κ3) is 6.03. The molecule has 0 atom stereocenters. The standard InChI is InChI=1S/C28H27F2N5O3/c1-17-6-7-20(38-16-18-8-10-37-11-9-18)13-21(17)22-14-25(31-15-24(22)30)33-28(36)27-32-26(34-35-27)12-19-4-2-3-5-23(19)29/h2-7,13-15,18H,8-12,16H2,1H3,(H,31,33,36)(H,32,34,35). The van der Waals surface area contributed by atoms with Crippen molar-refractivity contribution in [1.29, 1.82) is 0 Å². The molecule has 1 fully saturated rings. The van der Waals surface area contributed by atoms with Gasteiger partial charge < -0.3 is 14.8 Å². The molecule has 2 aromatic heterocycles. The van der Waals surface area contributed by atoms with E-state index >= 15 is 0 Å². The van der Waals surface area contributed by atoms with Crippen LogP contribution >= 0.6 is 0 Å². The van der Waals surface area contributed by atoms with Crippen molar-refractivity contribution in [3.63, 3.8) is 0 Å². The second kappa shape index (κ2) is 11.5. The summed E-state index contributed by atoms with van der Waals surface area (Å²) in [5, 5.41) is 9.19. The zero-order chi connectivity index (χ0) is 26.5. The van der Waals surface area contributed by atoms with E-state index in [1.807, 2.05) is 19.1 Å². The van der Waals surface area contributed by atoms with Crippen molar-refractivity contribution in [2.24, 2.45) is 5.92 Å². The fourth-order valence-electron chi connectivity index (χ4n) is 4.29. The van der Waals surface area contributed by atoms with Crippen molar-refractivity contribution in [1.82, 2.24) is 20.2 Å². The number of nitrogens with one attached hydrogen (secondary N) is 2. The quantitative estimate of drug-likeness (QED) is 0.336. The number of benzene rings is 2. The Morgan fingerprint density at radius 2 is 1.92 bits per heavy atom. The van der Waals surface area contributed by atoms with Gasteiger partial charge in [0.15, 0.2) is 0 Å². The van der Waals surface area contributed by atoms with Crippen molar-refractivity contribution < 1.29 is 23.0 Å². The highest BCUT2D eigenvalue weighted by Gasteiger charge is 2.18. The lowest BCUT2D eigenvalue weighted by molar-refractivity contribution is 0.0497. The molecule has 3 heterocycles. The van der Waals surface area contributed by atoms with Crippen LogP contribution in [0.1, 0.15) is 40.4 Å². The number of hydrogen-bond donors (Lipinski definition) is 2. The number of H-pyrrole nitrogens is 1. The molecule has 1 amide bonds. The van der Waals surface area contributed by atoms with Gasteiger partial charge in [0, 0.05) is 25.2 Å². The highest BCUT2D eigenvalue weighted by molar-refractivity contribution is 6.01. The first kappa shape index (κ1) is 25.5. The lowest BCUT2D eigenvalue weighted by Gasteiger charge is -2.22. The number of aryl methyl sites for hydroxylation is 1. The maximum Gasteiger partial charge on any atom is 0.296 e. The number of halogens is 2. The summed E-state index contributed by atoms with van der Waals surface area (Å²) in [6, 6.07) is 13.3. The summed E-state index contributed by atoms with van der Waals surface area (Å²) in [6.45, 7) is 3.93. The summed E-state index contributed by atoms with van der Waals surface area (Å²) < 4.78 is 40.2. The number of carbonyl (C=O) groups excluding carboxylic acids is 1. The van der Waals surface area contributed by atoms with E-state index < -0.39 is 11.7 Å². The van der Waals surface area contributed by atoms with Crippen molar-refractivity contribution in [3.8, 4) is 16.9 Å². The van der Waals surface area contributed by atoms with Gasteiger partial charge in [0.25, 0.3) is 5.91 Å². The molecule has 10 heteroatoms. The van der Waals surface area contributed by atoms with Crippen molar-refractivity contribution in [2.45, 2.75) is 26.2 Å². The van der Waals surface area contributed by atoms with Gasteiger partial charge in [-0.15, -0.1) is 5.10 Å². The highest BCUT2D eigenvalue weighted by Crippen LogP contribution is 2.31. The van der Waals surface area contributed by atoms with Crippen molar-refractivity contribution in [2.75, 3.05) is 25.1 Å². The molecule has 2 N–H and O–H groups in total. The number of anilines is 1. The van der Waals surface area contributed by atoms with Gasteiger partial charge in [-0.05, 0) is 66.6 Å². The Kier molecular flexibility index (Phi) is 7.69. The Morgan fingerprint density at radius 1 is 1.11 bits per heavy atom. The molecule has 5 rings (SSSR count). The van der Waals surface area contributed by atoms with Gasteiger partial charge in [-0.1, -0.05) is 24.3 Å². The summed E-state index contributed by atoms with van der Waals surface area (Å²) in [5.41, 5.74) is 2.18. The van der Waals surface area contributed by atoms with Crippen LogP contribution in [0.5, 0.6) is 5.75 Å². The van der Waals surface area contributed by atoms with Crippen LogP contribution in [0.15, 0.2) is 54.7 Å². The summed E-state index contributed by atoms with van der Waals surface area (Å²) >= 11 is 0. The Hall–Kier alpha value is -4.18. The average molecular weight is 520 g/mol. The van der Waals surface area contributed by atoms with Crippen LogP contribution in [-0.2, 0) is 11.2 Å². The number of aromatic amines is 1. The number of nitrogens with zero attached hydrogens (tertiary/aromatic N) is 3. The second-order valence-electron chi connectivity index (χ2n) is 9.22. The number of aromatic nitrogens is 4. The first-order chi connectivity index (χ1) is 18.5. The van der Waals surface area contributed by atoms with Gasteiger partial charge in [0.2, 0.25) is 5.82 Å². The van der Waals surface area contributed by atoms with Crippen LogP contribution in [0.2, 0.25) is 0 Å². The average Bonchev–Trinajstić information content (AvgIpc) is 3.40. The van der Waals surface area contributed by atoms with E-state index in [-0.39, 0.29) is 29.4 Å². The lowest BCUT2D eigenvalue weighted by Crippen LogP contribution is -2.21. The van der Waals surface area contributed by atoms with Crippen LogP contribution in [0.3, 0.4) is 0 Å². The van der Waals surface area contributed by atoms with E-state index in [9.17, 15) is 13.6 Å². The maximum atomic E-state index is 14.9. The molecule has 0 radical (unpaired) electrons. The van der Waals surface area contributed by atoms with Crippen LogP contribution in [0.25, 0.3) is 11.1 Å². The van der Waals surface area contributed by atoms with Crippen molar-refractivity contribution >= 4 is 11.7 Å². The molecule has 38 heavy (non-hydrogen) atoms. The summed E-state index contributed by atoms with van der Waals surface area (Å²) in [4.78, 5) is 20.9. The third-order valence-corrected chi connectivity index (χ3v) is 6.47. The SMILES string of the molecule is Cc1ccc(OCC2CCOCC2)cc1-c1cc(NC(=O)c2n[nH]c(Cc3ccccc3F)n2)ncc1F. The number of amides is 1. The van der Waals surface area contributed by atoms with Gasteiger partial charge in [-0.25, -0.2) is 18.7 Å². The molecule has 196 valence electrons. The molecule has 0 aliphatic carbocycles. The second-order valence-corrected chi connectivity index (χ2v) is 9.22. The molecule has 8 nitrogen and oxygen atoms in total. The summed E-state index contributed by atoms with van der Waals surface area (Å²) in [6.07, 6.45) is 3.12. The Labute approximate surface area is 218 Å². The number of hydrogen-bond acceptors (Lipinski definition) is 6. The van der Waals surface area contributed by atoms with Gasteiger partial charge >= 0.3 is 0 Å². The van der Waals surface area contributed by atoms with E-state index in [1.54, 1.807) is 24.3 Å². The van der Waals surface area contributed by atoms with Gasteiger partial charge in [-0.2, -0.15) is 0 Å². The molecular formula is C28H27F2N5O3. The molecule has 0 saturated carbocycles. The zero-order valence-electron chi connectivity index (χ0n) is 20.8. The van der Waals surface area contributed by atoms with E-state index in [4.69, 9.17) is 9.47 Å². The minimum atomic E-state index is -0.628. The normalized spacial score (nSPS) is 13.9. The van der Waals surface area contributed by atoms with Gasteiger partial charge in [-0.3, -0.25) is 9.89 Å². The van der Waals surface area contributed by atoms with Gasteiger partial charge in [0.1, 0.15) is 29.0 Å². The summed E-state index contributed by atoms with van der Waals surface area (Å²) in [7, 11) is 0. The first-order valence-corrected chi connectivity index (χ1v) is 12.4. The monoisotopic (exact) mass is 519 g/mol. The largest absolute Gasteiger partial charge is 0.493 e. The van der Waals surface area contributed by atoms with E-state index in [2.05, 4.69) is 25.5 Å². The maximum absolute atomic E-state index is 14.9. The number of ether oxygens (including phenoxy) is 2. The third-order valence-electron chi connectivity index (χ3n) is 6.47. The van der Waals surface area contributed by atoms with Crippen molar-refractivity contribution in [3.05, 3.63) is 89.1 Å². The molecule has 0 unspecified atom stereocenters. The fraction of sp³-hybridized carbons (Fsp3) is 0.286. The number of rotatable bonds is 8. The lowest BCUT2D eigenvalue weighted by atomic mass is 10.00. The molecule has 0 spiro atoms. The Morgan fingerprint density at radius 3 is 2.74 bits per heavy atom. The minimum Gasteiger partial charge on any atom is -0.493 e. The molecule has 1 saturated heterocycles. The van der Waals surface area contributed by atoms with Crippen LogP contribution < -0.4 is 10.1 Å². The first-order valence-electron chi connectivity index (χ1n) is 12.4. The molecule has 2 aromatic carbocycles. The zero-order valence-corrected chi connectivity index (χ0v) is 20.8. The van der Waals surface area contributed by atoms with Gasteiger partial charge in [0.05, 0.1) is 12.8 Å². The summed E-state index contributed by atoms with van der Waals surface area (Å²) in [5.74, 6) is -0.122. The number of carbonyl (C=O) groups is 1. The van der Waals surface area contributed by atoms with E-state index in [0.717, 1.165) is 37.8 Å². The Bertz CT molecular complexity index is 1440. The molecule has 4 aromatic rings. The van der Waals surface area contributed by atoms with E-state index in [1.165, 1.54) is 12.1 Å². The molecule has 1 aliphatic heterocycles. The topological polar surface area (TPSA) is 102 Å². The molecule has 1 aliphatic rings. The number of pyridine rings is 1. The highest BCUT2D eigenvalue weighted by atomic mass is 19.1. The van der Waals surface area contributed by atoms with E-state index in [0.29, 0.717) is 35.2 Å². The molecular weight excluding hydrogens is 492 g/mol. The predicted molar refractivity (Wildman–Crippen MR) is 137 cm³/mol. The Balaban J connectivity index is 1.29.